The molecule has 0 aromatic heterocycles. The van der Waals surface area contributed by atoms with E-state index in [0.29, 0.717) is 17.1 Å². The molecule has 0 radical (unpaired) electrons. The van der Waals surface area contributed by atoms with Gasteiger partial charge in [-0.05, 0) is 58.1 Å². The van der Waals surface area contributed by atoms with E-state index in [9.17, 15) is 9.59 Å². The van der Waals surface area contributed by atoms with Crippen molar-refractivity contribution in [3.63, 3.8) is 0 Å². The number of nitrogens with two attached hydrogens (primary N) is 1. The summed E-state index contributed by atoms with van der Waals surface area (Å²) in [5, 5.41) is 0.621. The van der Waals surface area contributed by atoms with Crippen LogP contribution in [0.1, 0.15) is 34.0 Å². The van der Waals surface area contributed by atoms with E-state index in [1.807, 2.05) is 54.6 Å². The number of nitrogens with zero attached hydrogens (tertiary/aromatic N) is 1. The van der Waals surface area contributed by atoms with Crippen LogP contribution in [0.3, 0.4) is 0 Å². The Labute approximate surface area is 174 Å². The van der Waals surface area contributed by atoms with Crippen molar-refractivity contribution in [1.82, 2.24) is 0 Å². The number of primary amides is 1. The first kappa shape index (κ1) is 19.0. The average Bonchev–Trinajstić information content (AvgIpc) is 2.69. The van der Waals surface area contributed by atoms with Crippen LogP contribution >= 0.6 is 11.6 Å². The Hall–Kier alpha value is -3.37. The number of rotatable bonds is 2. The van der Waals surface area contributed by atoms with Crippen LogP contribution in [0.25, 0.3) is 23.3 Å². The average molecular weight is 403 g/mol. The molecule has 1 heterocycles. The molecule has 0 fully saturated rings. The van der Waals surface area contributed by atoms with Crippen LogP contribution in [0.5, 0.6) is 0 Å². The molecule has 0 atom stereocenters. The van der Waals surface area contributed by atoms with Crippen molar-refractivity contribution in [1.29, 1.82) is 0 Å². The van der Waals surface area contributed by atoms with Crippen LogP contribution in [0.2, 0.25) is 5.02 Å². The highest BCUT2D eigenvalue weighted by Gasteiger charge is 2.19. The molecule has 2 amide bonds. The van der Waals surface area contributed by atoms with Crippen LogP contribution in [0.15, 0.2) is 60.7 Å². The molecule has 3 aromatic rings. The molecular weight excluding hydrogens is 384 g/mol. The molecule has 0 spiro atoms. The van der Waals surface area contributed by atoms with Gasteiger partial charge in [-0.1, -0.05) is 54.1 Å². The van der Waals surface area contributed by atoms with Crippen LogP contribution in [-0.4, -0.2) is 11.8 Å². The molecule has 144 valence electrons. The molecule has 2 N–H and O–H groups in total. The number of carbonyl (C=O) groups is 2. The number of hydrogen-bond acceptors (Lipinski definition) is 2. The quantitative estimate of drug-likeness (QED) is 0.644. The second-order valence-electron chi connectivity index (χ2n) is 6.97. The third-order valence-electron chi connectivity index (χ3n) is 5.08. The van der Waals surface area contributed by atoms with Crippen molar-refractivity contribution in [2.24, 2.45) is 5.73 Å². The van der Waals surface area contributed by atoms with E-state index < -0.39 is 5.91 Å². The van der Waals surface area contributed by atoms with Crippen LogP contribution < -0.4 is 10.6 Å². The van der Waals surface area contributed by atoms with Gasteiger partial charge in [-0.2, -0.15) is 0 Å². The zero-order chi connectivity index (χ0) is 20.5. The van der Waals surface area contributed by atoms with Gasteiger partial charge >= 0.3 is 0 Å². The number of carbonyl (C=O) groups excluding carboxylic acids is 2. The van der Waals surface area contributed by atoms with Gasteiger partial charge in [0.15, 0.2) is 0 Å². The van der Waals surface area contributed by atoms with E-state index in [4.69, 9.17) is 17.3 Å². The monoisotopic (exact) mass is 402 g/mol. The third kappa shape index (κ3) is 3.67. The molecule has 0 unspecified atom stereocenters. The Morgan fingerprint density at radius 2 is 1.72 bits per heavy atom. The smallest absolute Gasteiger partial charge is 0.249 e. The summed E-state index contributed by atoms with van der Waals surface area (Å²) in [5.74, 6) is -0.527. The van der Waals surface area contributed by atoms with Crippen molar-refractivity contribution in [2.45, 2.75) is 13.5 Å². The molecule has 0 aliphatic carbocycles. The Bertz CT molecular complexity index is 1170. The van der Waals surface area contributed by atoms with Crippen LogP contribution in [0.4, 0.5) is 5.69 Å². The highest BCUT2D eigenvalue weighted by Crippen LogP contribution is 2.33. The van der Waals surface area contributed by atoms with Crippen LogP contribution in [-0.2, 0) is 11.3 Å². The zero-order valence-electron chi connectivity index (χ0n) is 15.9. The Kier molecular flexibility index (Phi) is 4.95. The first-order valence-electron chi connectivity index (χ1n) is 9.22. The van der Waals surface area contributed by atoms with Gasteiger partial charge in [0.1, 0.15) is 0 Å². The van der Waals surface area contributed by atoms with E-state index in [0.717, 1.165) is 33.5 Å². The maximum Gasteiger partial charge on any atom is 0.249 e. The fraction of sp³-hybridized carbons (Fsp3) is 0.0833. The molecule has 1 aliphatic heterocycles. The minimum atomic E-state index is -0.469. The van der Waals surface area contributed by atoms with E-state index in [1.54, 1.807) is 30.0 Å². The molecule has 0 bridgehead atoms. The lowest BCUT2D eigenvalue weighted by Gasteiger charge is -2.26. The van der Waals surface area contributed by atoms with Crippen molar-refractivity contribution in [3.8, 4) is 11.1 Å². The van der Waals surface area contributed by atoms with Crippen molar-refractivity contribution >= 4 is 41.3 Å². The van der Waals surface area contributed by atoms with Gasteiger partial charge in [-0.25, -0.2) is 0 Å². The van der Waals surface area contributed by atoms with Crippen molar-refractivity contribution in [3.05, 3.63) is 87.9 Å². The summed E-state index contributed by atoms with van der Waals surface area (Å²) in [6, 6.07) is 18.7. The van der Waals surface area contributed by atoms with Crippen molar-refractivity contribution in [2.75, 3.05) is 4.90 Å². The molecule has 3 aromatic carbocycles. The zero-order valence-corrected chi connectivity index (χ0v) is 16.6. The van der Waals surface area contributed by atoms with Gasteiger partial charge in [0.05, 0.1) is 12.2 Å². The van der Waals surface area contributed by atoms with E-state index in [-0.39, 0.29) is 5.91 Å². The molecule has 0 saturated heterocycles. The number of benzene rings is 3. The highest BCUT2D eigenvalue weighted by atomic mass is 35.5. The summed E-state index contributed by atoms with van der Waals surface area (Å²) in [6.07, 6.45) is 3.98. The first-order valence-corrected chi connectivity index (χ1v) is 9.59. The standard InChI is InChI=1S/C24H19ClN2O2/c1-15(28)27-14-19-12-17(21-4-2-3-5-22(21)24(26)29)8-6-16(19)7-9-18-13-20(25)10-11-23(18)27/h2-13H,14H2,1H3,(H2,26,29). The minimum Gasteiger partial charge on any atom is -0.366 e. The summed E-state index contributed by atoms with van der Waals surface area (Å²) in [4.78, 5) is 26.0. The number of halogens is 1. The Morgan fingerprint density at radius 3 is 2.48 bits per heavy atom. The van der Waals surface area contributed by atoms with Gasteiger partial charge < -0.3 is 10.6 Å². The maximum absolute atomic E-state index is 12.4. The fourth-order valence-electron chi connectivity index (χ4n) is 3.64. The normalized spacial score (nSPS) is 12.6. The second-order valence-corrected chi connectivity index (χ2v) is 7.40. The molecular formula is C24H19ClN2O2. The second kappa shape index (κ2) is 7.57. The van der Waals surface area contributed by atoms with Gasteiger partial charge in [-0.3, -0.25) is 9.59 Å². The highest BCUT2D eigenvalue weighted by molar-refractivity contribution is 6.30. The summed E-state index contributed by atoms with van der Waals surface area (Å²) in [5.41, 5.74) is 11.4. The lowest BCUT2D eigenvalue weighted by atomic mass is 9.94. The van der Waals surface area contributed by atoms with Gasteiger partial charge in [0.25, 0.3) is 0 Å². The van der Waals surface area contributed by atoms with E-state index in [1.165, 1.54) is 0 Å². The lowest BCUT2D eigenvalue weighted by Crippen LogP contribution is -2.29. The van der Waals surface area contributed by atoms with Gasteiger partial charge in [0.2, 0.25) is 11.8 Å². The lowest BCUT2D eigenvalue weighted by molar-refractivity contribution is -0.116. The Balaban J connectivity index is 1.86. The predicted molar refractivity (Wildman–Crippen MR) is 118 cm³/mol. The molecule has 5 heteroatoms. The molecule has 0 saturated carbocycles. The first-order chi connectivity index (χ1) is 13.9. The minimum absolute atomic E-state index is 0.0576. The largest absolute Gasteiger partial charge is 0.366 e. The van der Waals surface area contributed by atoms with Crippen molar-refractivity contribution < 1.29 is 9.59 Å². The van der Waals surface area contributed by atoms with Gasteiger partial charge in [0, 0.05) is 17.5 Å². The van der Waals surface area contributed by atoms with E-state index >= 15 is 0 Å². The van der Waals surface area contributed by atoms with Gasteiger partial charge in [-0.15, -0.1) is 0 Å². The molecule has 4 rings (SSSR count). The summed E-state index contributed by atoms with van der Waals surface area (Å²) in [6.45, 7) is 1.96. The molecule has 4 nitrogen and oxygen atoms in total. The number of anilines is 1. The summed E-state index contributed by atoms with van der Waals surface area (Å²) in [7, 11) is 0. The number of fused-ring (bicyclic) bond motifs is 2. The summed E-state index contributed by atoms with van der Waals surface area (Å²) >= 11 is 6.15. The maximum atomic E-state index is 12.4. The molecule has 1 aliphatic rings. The third-order valence-corrected chi connectivity index (χ3v) is 5.31. The fourth-order valence-corrected chi connectivity index (χ4v) is 3.82. The Morgan fingerprint density at radius 1 is 0.966 bits per heavy atom. The predicted octanol–water partition coefficient (Wildman–Crippen LogP) is 5.14. The summed E-state index contributed by atoms with van der Waals surface area (Å²) < 4.78 is 0. The van der Waals surface area contributed by atoms with Crippen LogP contribution in [0, 0.1) is 0 Å². The SMILES string of the molecule is CC(=O)N1Cc2cc(-c3ccccc3C(N)=O)ccc2C=Cc2cc(Cl)ccc21. The molecule has 29 heavy (non-hydrogen) atoms. The number of hydrogen-bond donors (Lipinski definition) is 1. The van der Waals surface area contributed by atoms with E-state index in [2.05, 4.69) is 0 Å². The topological polar surface area (TPSA) is 63.4 Å². The number of amides is 2.